The lowest BCUT2D eigenvalue weighted by molar-refractivity contribution is -0.131. The summed E-state index contributed by atoms with van der Waals surface area (Å²) >= 11 is 0. The molecule has 0 bridgehead atoms. The van der Waals surface area contributed by atoms with Gasteiger partial charge in [-0.15, -0.1) is 0 Å². The summed E-state index contributed by atoms with van der Waals surface area (Å²) in [7, 11) is 0. The van der Waals surface area contributed by atoms with Crippen molar-refractivity contribution >= 4 is 23.5 Å². The van der Waals surface area contributed by atoms with E-state index in [1.165, 1.54) is 26.0 Å². The van der Waals surface area contributed by atoms with Crippen molar-refractivity contribution in [2.45, 2.75) is 26.2 Å². The molecule has 5 heteroatoms. The lowest BCUT2D eigenvalue weighted by atomic mass is 9.75. The standard InChI is InChI=1S/C15H16N2O3/c1-9(2)13(19)15(4,14(16)20)11-6-5-10(3)12(7-11)17-8-18/h5-7H,1H2,2-4H3,(H2,16,20). The van der Waals surface area contributed by atoms with Crippen LogP contribution in [-0.2, 0) is 19.8 Å². The smallest absolute Gasteiger partial charge is 0.240 e. The van der Waals surface area contributed by atoms with E-state index in [-0.39, 0.29) is 5.57 Å². The van der Waals surface area contributed by atoms with E-state index in [0.29, 0.717) is 11.3 Å². The average Bonchev–Trinajstić information content (AvgIpc) is 2.39. The zero-order chi connectivity index (χ0) is 15.5. The Balaban J connectivity index is 3.55. The number of primary amides is 1. The number of hydrogen-bond acceptors (Lipinski definition) is 4. The Bertz CT molecular complexity index is 643. The Morgan fingerprint density at radius 2 is 2.00 bits per heavy atom. The second-order valence-corrected chi connectivity index (χ2v) is 4.80. The first-order valence-corrected chi connectivity index (χ1v) is 5.94. The highest BCUT2D eigenvalue weighted by molar-refractivity contribution is 6.17. The van der Waals surface area contributed by atoms with Crippen molar-refractivity contribution in [2.75, 3.05) is 0 Å². The Hall–Kier alpha value is -2.52. The molecule has 1 rings (SSSR count). The molecule has 1 atom stereocenters. The number of allylic oxidation sites excluding steroid dienone is 1. The van der Waals surface area contributed by atoms with E-state index in [1.54, 1.807) is 19.1 Å². The molecule has 0 saturated heterocycles. The summed E-state index contributed by atoms with van der Waals surface area (Å²) in [4.78, 5) is 38.0. The third-order valence-corrected chi connectivity index (χ3v) is 3.29. The summed E-state index contributed by atoms with van der Waals surface area (Å²) < 4.78 is 0. The van der Waals surface area contributed by atoms with Crippen LogP contribution in [0.4, 0.5) is 5.69 Å². The number of carbonyl (C=O) groups excluding carboxylic acids is 3. The predicted octanol–water partition coefficient (Wildman–Crippen LogP) is 1.85. The molecule has 1 amide bonds. The third kappa shape index (κ3) is 2.58. The maximum absolute atomic E-state index is 12.3. The van der Waals surface area contributed by atoms with Crippen molar-refractivity contribution in [3.8, 4) is 0 Å². The Kier molecular flexibility index (Phi) is 4.38. The molecule has 0 fully saturated rings. The maximum Gasteiger partial charge on any atom is 0.240 e. The minimum atomic E-state index is -1.54. The van der Waals surface area contributed by atoms with Crippen molar-refractivity contribution in [2.24, 2.45) is 10.7 Å². The molecule has 104 valence electrons. The molecule has 0 spiro atoms. The van der Waals surface area contributed by atoms with Crippen molar-refractivity contribution in [3.63, 3.8) is 0 Å². The van der Waals surface area contributed by atoms with Gasteiger partial charge in [0.2, 0.25) is 12.0 Å². The van der Waals surface area contributed by atoms with E-state index < -0.39 is 17.1 Å². The van der Waals surface area contributed by atoms with Crippen LogP contribution in [0.1, 0.15) is 25.0 Å². The van der Waals surface area contributed by atoms with Crippen LogP contribution in [-0.4, -0.2) is 17.8 Å². The summed E-state index contributed by atoms with van der Waals surface area (Å²) in [6, 6.07) is 4.77. The number of aliphatic imine (C=N–C) groups is 1. The number of isocyanates is 1. The van der Waals surface area contributed by atoms with Gasteiger partial charge in [-0.2, -0.15) is 4.99 Å². The van der Waals surface area contributed by atoms with E-state index in [4.69, 9.17) is 5.73 Å². The van der Waals surface area contributed by atoms with Gasteiger partial charge in [-0.05, 0) is 43.5 Å². The number of nitrogens with zero attached hydrogens (tertiary/aromatic N) is 1. The van der Waals surface area contributed by atoms with E-state index in [1.807, 2.05) is 0 Å². The molecule has 2 N–H and O–H groups in total. The predicted molar refractivity (Wildman–Crippen MR) is 75.3 cm³/mol. The van der Waals surface area contributed by atoms with Crippen LogP contribution in [0.15, 0.2) is 35.3 Å². The first-order valence-electron chi connectivity index (χ1n) is 5.94. The van der Waals surface area contributed by atoms with Crippen LogP contribution in [0.5, 0.6) is 0 Å². The molecular weight excluding hydrogens is 256 g/mol. The van der Waals surface area contributed by atoms with Crippen LogP contribution in [0.3, 0.4) is 0 Å². The number of aryl methyl sites for hydroxylation is 1. The first-order chi connectivity index (χ1) is 9.25. The van der Waals surface area contributed by atoms with E-state index in [2.05, 4.69) is 11.6 Å². The fourth-order valence-electron chi connectivity index (χ4n) is 1.90. The van der Waals surface area contributed by atoms with Crippen molar-refractivity contribution in [1.82, 2.24) is 0 Å². The molecule has 0 saturated carbocycles. The van der Waals surface area contributed by atoms with Crippen LogP contribution < -0.4 is 5.73 Å². The highest BCUT2D eigenvalue weighted by atomic mass is 16.2. The molecule has 5 nitrogen and oxygen atoms in total. The van der Waals surface area contributed by atoms with Gasteiger partial charge in [-0.3, -0.25) is 9.59 Å². The van der Waals surface area contributed by atoms with Crippen molar-refractivity contribution < 1.29 is 14.4 Å². The lowest BCUT2D eigenvalue weighted by Gasteiger charge is -2.25. The molecule has 1 aromatic carbocycles. The Morgan fingerprint density at radius 3 is 2.45 bits per heavy atom. The summed E-state index contributed by atoms with van der Waals surface area (Å²) in [6.07, 6.45) is 1.44. The Morgan fingerprint density at radius 1 is 1.40 bits per heavy atom. The number of benzene rings is 1. The van der Waals surface area contributed by atoms with Gasteiger partial charge in [0, 0.05) is 0 Å². The van der Waals surface area contributed by atoms with E-state index >= 15 is 0 Å². The molecule has 0 heterocycles. The normalized spacial score (nSPS) is 12.9. The number of amides is 1. The molecule has 1 unspecified atom stereocenters. The highest BCUT2D eigenvalue weighted by Crippen LogP contribution is 2.31. The number of nitrogens with two attached hydrogens (primary N) is 1. The molecule has 1 aromatic rings. The van der Waals surface area contributed by atoms with Gasteiger partial charge < -0.3 is 5.73 Å². The number of Topliss-reactive ketones (excluding diaryl/α,β-unsaturated/α-hetero) is 1. The minimum absolute atomic E-state index is 0.229. The molecule has 0 aliphatic rings. The van der Waals surface area contributed by atoms with Crippen molar-refractivity contribution in [1.29, 1.82) is 0 Å². The van der Waals surface area contributed by atoms with Gasteiger partial charge in [-0.1, -0.05) is 18.7 Å². The van der Waals surface area contributed by atoms with Gasteiger partial charge in [0.05, 0.1) is 5.69 Å². The largest absolute Gasteiger partial charge is 0.369 e. The van der Waals surface area contributed by atoms with Crippen molar-refractivity contribution in [3.05, 3.63) is 41.5 Å². The van der Waals surface area contributed by atoms with E-state index in [9.17, 15) is 14.4 Å². The summed E-state index contributed by atoms with van der Waals surface area (Å²) in [5.74, 6) is -1.25. The number of rotatable bonds is 5. The second kappa shape index (κ2) is 5.63. The topological polar surface area (TPSA) is 89.6 Å². The van der Waals surface area contributed by atoms with Crippen LogP contribution >= 0.6 is 0 Å². The van der Waals surface area contributed by atoms with Gasteiger partial charge in [-0.25, -0.2) is 4.79 Å². The van der Waals surface area contributed by atoms with E-state index in [0.717, 1.165) is 5.56 Å². The number of hydrogen-bond donors (Lipinski definition) is 1. The molecular formula is C15H16N2O3. The zero-order valence-electron chi connectivity index (χ0n) is 11.7. The van der Waals surface area contributed by atoms with Gasteiger partial charge in [0.25, 0.3) is 0 Å². The zero-order valence-corrected chi connectivity index (χ0v) is 11.7. The van der Waals surface area contributed by atoms with Gasteiger partial charge in [0.1, 0.15) is 5.41 Å². The minimum Gasteiger partial charge on any atom is -0.369 e. The SMILES string of the molecule is C=C(C)C(=O)C(C)(C(N)=O)c1ccc(C)c(N=C=O)c1. The monoisotopic (exact) mass is 272 g/mol. The molecule has 20 heavy (non-hydrogen) atoms. The first kappa shape index (κ1) is 15.5. The van der Waals surface area contributed by atoms with Gasteiger partial charge in [0.15, 0.2) is 5.78 Å². The fraction of sp³-hybridized carbons (Fsp3) is 0.267. The number of carbonyl (C=O) groups is 2. The summed E-state index contributed by atoms with van der Waals surface area (Å²) in [5.41, 5.74) is 5.54. The van der Waals surface area contributed by atoms with Crippen LogP contribution in [0.2, 0.25) is 0 Å². The fourth-order valence-corrected chi connectivity index (χ4v) is 1.90. The third-order valence-electron chi connectivity index (χ3n) is 3.29. The molecule has 0 aliphatic heterocycles. The van der Waals surface area contributed by atoms with Gasteiger partial charge >= 0.3 is 0 Å². The molecule has 0 aliphatic carbocycles. The lowest BCUT2D eigenvalue weighted by Crippen LogP contribution is -2.45. The maximum atomic E-state index is 12.3. The molecule has 0 radical (unpaired) electrons. The highest BCUT2D eigenvalue weighted by Gasteiger charge is 2.41. The molecule has 0 aromatic heterocycles. The number of ketones is 1. The summed E-state index contributed by atoms with van der Waals surface area (Å²) in [5, 5.41) is 0. The quantitative estimate of drug-likeness (QED) is 0.384. The second-order valence-electron chi connectivity index (χ2n) is 4.80. The summed E-state index contributed by atoms with van der Waals surface area (Å²) in [6.45, 7) is 8.27. The van der Waals surface area contributed by atoms with Crippen LogP contribution in [0.25, 0.3) is 0 Å². The Labute approximate surface area is 117 Å². The van der Waals surface area contributed by atoms with Crippen LogP contribution in [0, 0.1) is 6.92 Å². The average molecular weight is 272 g/mol.